The Balaban J connectivity index is 2.30. The van der Waals surface area contributed by atoms with Gasteiger partial charge in [0, 0.05) is 17.6 Å². The van der Waals surface area contributed by atoms with Gasteiger partial charge in [-0.3, -0.25) is 0 Å². The molecule has 0 aliphatic carbocycles. The van der Waals surface area contributed by atoms with Crippen molar-refractivity contribution in [3.63, 3.8) is 0 Å². The molecule has 0 fully saturated rings. The summed E-state index contributed by atoms with van der Waals surface area (Å²) in [4.78, 5) is 5.30. The highest BCUT2D eigenvalue weighted by Gasteiger charge is 2.09. The van der Waals surface area contributed by atoms with Crippen molar-refractivity contribution in [3.8, 4) is 0 Å². The van der Waals surface area contributed by atoms with Crippen LogP contribution in [0.1, 0.15) is 5.56 Å². The minimum Gasteiger partial charge on any atom is -0.316 e. The molecule has 1 aromatic carbocycles. The maximum Gasteiger partial charge on any atom is 0.101 e. The summed E-state index contributed by atoms with van der Waals surface area (Å²) in [5.74, 6) is 0. The lowest BCUT2D eigenvalue weighted by atomic mass is 10.2. The fourth-order valence-electron chi connectivity index (χ4n) is 1.52. The van der Waals surface area contributed by atoms with E-state index in [1.165, 1.54) is 0 Å². The lowest BCUT2D eigenvalue weighted by Crippen LogP contribution is -2.06. The van der Waals surface area contributed by atoms with Gasteiger partial charge in [-0.05, 0) is 30.8 Å². The van der Waals surface area contributed by atoms with Gasteiger partial charge in [0.2, 0.25) is 0 Å². The van der Waals surface area contributed by atoms with Crippen molar-refractivity contribution in [1.29, 1.82) is 0 Å². The molecule has 0 aliphatic heterocycles. The molecule has 2 rings (SSSR count). The first-order chi connectivity index (χ1) is 8.70. The molecule has 94 valence electrons. The number of hydrogen-bond donors (Lipinski definition) is 1. The number of pyridine rings is 1. The van der Waals surface area contributed by atoms with Crippen molar-refractivity contribution < 1.29 is 0 Å². The Kier molecular flexibility index (Phi) is 4.89. The highest BCUT2D eigenvalue weighted by molar-refractivity contribution is 7.99. The fourth-order valence-corrected chi connectivity index (χ4v) is 2.83. The number of nitrogens with one attached hydrogen (secondary N) is 1. The van der Waals surface area contributed by atoms with E-state index < -0.39 is 0 Å². The molecule has 0 bridgehead atoms. The molecule has 0 amide bonds. The second-order valence-electron chi connectivity index (χ2n) is 3.68. The summed E-state index contributed by atoms with van der Waals surface area (Å²) in [5.41, 5.74) is 1.16. The molecular formula is C13H12Cl2N2S. The summed E-state index contributed by atoms with van der Waals surface area (Å²) in [7, 11) is 1.91. The Morgan fingerprint density at radius 2 is 2.06 bits per heavy atom. The molecule has 0 saturated heterocycles. The largest absolute Gasteiger partial charge is 0.316 e. The van der Waals surface area contributed by atoms with E-state index in [4.69, 9.17) is 23.2 Å². The van der Waals surface area contributed by atoms with E-state index in [9.17, 15) is 0 Å². The van der Waals surface area contributed by atoms with Crippen LogP contribution in [0.4, 0.5) is 0 Å². The van der Waals surface area contributed by atoms with Gasteiger partial charge in [0.05, 0.1) is 10.0 Å². The monoisotopic (exact) mass is 298 g/mol. The number of benzene rings is 1. The van der Waals surface area contributed by atoms with Gasteiger partial charge in [-0.15, -0.1) is 0 Å². The Hall–Kier alpha value is -0.740. The molecule has 1 heterocycles. The van der Waals surface area contributed by atoms with Crippen LogP contribution in [0, 0.1) is 0 Å². The van der Waals surface area contributed by atoms with Crippen LogP contribution in [0.3, 0.4) is 0 Å². The molecule has 0 unspecified atom stereocenters. The maximum atomic E-state index is 6.24. The molecule has 0 spiro atoms. The first kappa shape index (κ1) is 13.7. The number of rotatable bonds is 4. The standard InChI is InChI=1S/C13H12Cl2N2S/c1-16-7-9-3-2-4-11(15)13(9)18-12-6-5-10(14)8-17-12/h2-6,8,16H,7H2,1H3. The Labute approximate surface area is 121 Å². The Bertz CT molecular complexity index is 529. The SMILES string of the molecule is CNCc1cccc(Cl)c1Sc1ccc(Cl)cn1. The molecule has 18 heavy (non-hydrogen) atoms. The molecule has 1 N–H and O–H groups in total. The lowest BCUT2D eigenvalue weighted by molar-refractivity contribution is 0.803. The number of halogens is 2. The quantitative estimate of drug-likeness (QED) is 0.913. The highest BCUT2D eigenvalue weighted by atomic mass is 35.5. The van der Waals surface area contributed by atoms with Crippen molar-refractivity contribution in [2.45, 2.75) is 16.5 Å². The van der Waals surface area contributed by atoms with Crippen LogP contribution in [-0.2, 0) is 6.54 Å². The van der Waals surface area contributed by atoms with Gasteiger partial charge in [0.1, 0.15) is 5.03 Å². The average Bonchev–Trinajstić information content (AvgIpc) is 2.36. The van der Waals surface area contributed by atoms with Gasteiger partial charge in [-0.1, -0.05) is 47.1 Å². The second-order valence-corrected chi connectivity index (χ2v) is 5.55. The molecule has 1 aromatic heterocycles. The van der Waals surface area contributed by atoms with E-state index >= 15 is 0 Å². The molecule has 5 heteroatoms. The highest BCUT2D eigenvalue weighted by Crippen LogP contribution is 2.35. The number of hydrogen-bond acceptors (Lipinski definition) is 3. The van der Waals surface area contributed by atoms with Gasteiger partial charge in [-0.25, -0.2) is 4.98 Å². The predicted molar refractivity (Wildman–Crippen MR) is 77.6 cm³/mol. The third-order valence-corrected chi connectivity index (χ3v) is 4.11. The minimum atomic E-state index is 0.633. The summed E-state index contributed by atoms with van der Waals surface area (Å²) in [6.45, 7) is 0.774. The van der Waals surface area contributed by atoms with Crippen LogP contribution in [0.15, 0.2) is 46.5 Å². The first-order valence-electron chi connectivity index (χ1n) is 5.42. The predicted octanol–water partition coefficient (Wildman–Crippen LogP) is 4.26. The van der Waals surface area contributed by atoms with Crippen molar-refractivity contribution in [2.24, 2.45) is 0 Å². The molecule has 0 atom stereocenters. The smallest absolute Gasteiger partial charge is 0.101 e. The normalized spacial score (nSPS) is 10.6. The maximum absolute atomic E-state index is 6.24. The lowest BCUT2D eigenvalue weighted by Gasteiger charge is -2.10. The fraction of sp³-hybridized carbons (Fsp3) is 0.154. The summed E-state index contributed by atoms with van der Waals surface area (Å²) in [6, 6.07) is 9.61. The van der Waals surface area contributed by atoms with Crippen LogP contribution in [-0.4, -0.2) is 12.0 Å². The summed E-state index contributed by atoms with van der Waals surface area (Å²) in [5, 5.41) is 5.39. The van der Waals surface area contributed by atoms with E-state index in [-0.39, 0.29) is 0 Å². The Morgan fingerprint density at radius 1 is 1.22 bits per heavy atom. The van der Waals surface area contributed by atoms with Crippen molar-refractivity contribution in [2.75, 3.05) is 7.05 Å². The minimum absolute atomic E-state index is 0.633. The van der Waals surface area contributed by atoms with Crippen LogP contribution in [0.2, 0.25) is 10.0 Å². The topological polar surface area (TPSA) is 24.9 Å². The van der Waals surface area contributed by atoms with E-state index in [0.717, 1.165) is 27.1 Å². The van der Waals surface area contributed by atoms with Gasteiger partial charge in [0.25, 0.3) is 0 Å². The second kappa shape index (κ2) is 6.43. The summed E-state index contributed by atoms with van der Waals surface area (Å²) < 4.78 is 0. The zero-order chi connectivity index (χ0) is 13.0. The average molecular weight is 299 g/mol. The van der Waals surface area contributed by atoms with Crippen molar-refractivity contribution in [3.05, 3.63) is 52.1 Å². The molecule has 2 aromatic rings. The van der Waals surface area contributed by atoms with Crippen molar-refractivity contribution in [1.82, 2.24) is 10.3 Å². The van der Waals surface area contributed by atoms with Gasteiger partial charge < -0.3 is 5.32 Å². The van der Waals surface area contributed by atoms with E-state index in [1.807, 2.05) is 31.3 Å². The first-order valence-corrected chi connectivity index (χ1v) is 6.99. The van der Waals surface area contributed by atoms with Gasteiger partial charge in [0.15, 0.2) is 0 Å². The number of aromatic nitrogens is 1. The third-order valence-electron chi connectivity index (χ3n) is 2.32. The van der Waals surface area contributed by atoms with Crippen LogP contribution in [0.25, 0.3) is 0 Å². The van der Waals surface area contributed by atoms with E-state index in [0.29, 0.717) is 5.02 Å². The molecule has 0 aliphatic rings. The third kappa shape index (κ3) is 3.39. The summed E-state index contributed by atoms with van der Waals surface area (Å²) >= 11 is 13.6. The van der Waals surface area contributed by atoms with Crippen LogP contribution in [0.5, 0.6) is 0 Å². The molecule has 0 radical (unpaired) electrons. The number of nitrogens with zero attached hydrogens (tertiary/aromatic N) is 1. The van der Waals surface area contributed by atoms with Crippen LogP contribution >= 0.6 is 35.0 Å². The summed E-state index contributed by atoms with van der Waals surface area (Å²) in [6.07, 6.45) is 1.64. The van der Waals surface area contributed by atoms with Gasteiger partial charge in [-0.2, -0.15) is 0 Å². The van der Waals surface area contributed by atoms with Crippen molar-refractivity contribution >= 4 is 35.0 Å². The molecular weight excluding hydrogens is 287 g/mol. The zero-order valence-electron chi connectivity index (χ0n) is 9.78. The Morgan fingerprint density at radius 3 is 2.72 bits per heavy atom. The van der Waals surface area contributed by atoms with Crippen LogP contribution < -0.4 is 5.32 Å². The molecule has 0 saturated carbocycles. The van der Waals surface area contributed by atoms with E-state index in [2.05, 4.69) is 16.4 Å². The zero-order valence-corrected chi connectivity index (χ0v) is 12.1. The van der Waals surface area contributed by atoms with Gasteiger partial charge >= 0.3 is 0 Å². The van der Waals surface area contributed by atoms with E-state index in [1.54, 1.807) is 18.0 Å². The molecule has 2 nitrogen and oxygen atoms in total.